The molecule has 0 saturated carbocycles. The second-order valence-electron chi connectivity index (χ2n) is 16.5. The molecule has 1 amide bonds. The normalized spacial score (nSPS) is 18.1. The maximum Gasteiger partial charge on any atom is 0.490 e. The molecule has 2 unspecified atom stereocenters. The van der Waals surface area contributed by atoms with Crippen LogP contribution in [-0.4, -0.2) is 108 Å². The van der Waals surface area contributed by atoms with Gasteiger partial charge in [-0.2, -0.15) is 21.6 Å². The van der Waals surface area contributed by atoms with Gasteiger partial charge in [-0.3, -0.25) is 18.4 Å². The van der Waals surface area contributed by atoms with Gasteiger partial charge in [0.15, 0.2) is 28.1 Å². The van der Waals surface area contributed by atoms with Crippen molar-refractivity contribution in [2.24, 2.45) is 0 Å². The van der Waals surface area contributed by atoms with Crippen molar-refractivity contribution in [1.82, 2.24) is 24.8 Å². The van der Waals surface area contributed by atoms with E-state index >= 15 is 0 Å². The van der Waals surface area contributed by atoms with Crippen molar-refractivity contribution >= 4 is 85.3 Å². The van der Waals surface area contributed by atoms with Crippen molar-refractivity contribution in [3.05, 3.63) is 76.9 Å². The lowest BCUT2D eigenvalue weighted by molar-refractivity contribution is -0.700. The van der Waals surface area contributed by atoms with Gasteiger partial charge in [-0.15, -0.1) is 0 Å². The van der Waals surface area contributed by atoms with E-state index in [9.17, 15) is 51.1 Å². The number of amides is 1. The Morgan fingerprint density at radius 2 is 1.67 bits per heavy atom. The number of nitrogens with zero attached hydrogens (tertiary/aromatic N) is 6. The Hall–Kier alpha value is -4.82. The first-order valence-electron chi connectivity index (χ1n) is 22.9. The maximum atomic E-state index is 12.9. The zero-order valence-corrected chi connectivity index (χ0v) is 42.7. The number of imidazole rings is 1. The second kappa shape index (κ2) is 24.9. The largest absolute Gasteiger partial charge is 0.490 e. The van der Waals surface area contributed by atoms with Crippen LogP contribution in [0, 0.1) is 0 Å². The zero-order valence-electron chi connectivity index (χ0n) is 39.2. The molecule has 5 aromatic rings. The van der Waals surface area contributed by atoms with Gasteiger partial charge in [0.25, 0.3) is 10.1 Å². The molecule has 1 aliphatic heterocycles. The van der Waals surface area contributed by atoms with Crippen molar-refractivity contribution in [2.75, 3.05) is 43.0 Å². The van der Waals surface area contributed by atoms with Crippen LogP contribution < -0.4 is 25.7 Å². The highest BCUT2D eigenvalue weighted by Crippen LogP contribution is 2.66. The van der Waals surface area contributed by atoms with Crippen LogP contribution in [0.4, 0.5) is 11.5 Å². The molecule has 0 aliphatic carbocycles. The summed E-state index contributed by atoms with van der Waals surface area (Å²) in [5.74, 6) is 0.358. The van der Waals surface area contributed by atoms with E-state index in [2.05, 4.69) is 43.6 Å². The summed E-state index contributed by atoms with van der Waals surface area (Å²) in [7, 11) is -21.2. The maximum absolute atomic E-state index is 12.9. The van der Waals surface area contributed by atoms with E-state index in [1.807, 2.05) is 32.0 Å². The van der Waals surface area contributed by atoms with Crippen LogP contribution >= 0.6 is 23.5 Å². The molecular weight excluding hydrogens is 1030 g/mol. The number of hydrogen-bond donors (Lipinski definition) is 8. The van der Waals surface area contributed by atoms with Gasteiger partial charge in [-0.25, -0.2) is 33.4 Å². The summed E-state index contributed by atoms with van der Waals surface area (Å²) >= 11 is 0. The minimum absolute atomic E-state index is 0.0426. The van der Waals surface area contributed by atoms with Gasteiger partial charge < -0.3 is 49.4 Å². The van der Waals surface area contributed by atoms with Crippen LogP contribution in [0.2, 0.25) is 0 Å². The molecule has 30 heteroatoms. The third-order valence-electron chi connectivity index (χ3n) is 11.4. The van der Waals surface area contributed by atoms with E-state index < -0.39 is 64.3 Å². The summed E-state index contributed by atoms with van der Waals surface area (Å²) < 4.78 is 94.8. The standard InChI is InChI=1S/C42H57N8O18P3S/c1-3-48(4-2)32-16-13-29-22-30(42(53)66-35(29)23-32)14-15-31-17-18-33(72(61,62)63)25-49(31)21-11-7-8-12-37(52)43-19-9-5-6-10-20-44-40-39-41(46-27-45-40)50(28-47-39)38-24-34(51)36(65-38)26-64-70(57,58)68-71(59,60)67-69(54,55)56/h13-18,22-23,25,27-28,34,36,38,51H,3-12,19-21,24,26H2,1-2H3,(H6-,43,44,45,46,52,54,55,56,57,58,59,60,61,62,63)/p+1/t34-,36+,38+/m0/s1. The van der Waals surface area contributed by atoms with Crippen molar-refractivity contribution in [3.63, 3.8) is 0 Å². The van der Waals surface area contributed by atoms with Crippen molar-refractivity contribution < 1.29 is 83.0 Å². The summed E-state index contributed by atoms with van der Waals surface area (Å²) in [6.45, 7) is 6.31. The molecule has 26 nitrogen and oxygen atoms in total. The Kier molecular flexibility index (Phi) is 19.6. The number of aromatic nitrogens is 5. The lowest BCUT2D eigenvalue weighted by Crippen LogP contribution is -2.37. The fourth-order valence-corrected chi connectivity index (χ4v) is 11.3. The van der Waals surface area contributed by atoms with Crippen LogP contribution in [-0.2, 0) is 53.0 Å². The lowest BCUT2D eigenvalue weighted by atomic mass is 10.1. The van der Waals surface area contributed by atoms with E-state index in [0.29, 0.717) is 79.1 Å². The van der Waals surface area contributed by atoms with Crippen LogP contribution in [0.5, 0.6) is 0 Å². The van der Waals surface area contributed by atoms with E-state index in [4.69, 9.17) is 18.9 Å². The van der Waals surface area contributed by atoms with Crippen LogP contribution in [0.3, 0.4) is 0 Å². The van der Waals surface area contributed by atoms with Gasteiger partial charge in [0, 0.05) is 74.7 Å². The number of unbranched alkanes of at least 4 members (excludes halogenated alkanes) is 5. The van der Waals surface area contributed by atoms with E-state index in [0.717, 1.165) is 49.8 Å². The molecule has 0 bridgehead atoms. The number of phosphoric ester groups is 1. The molecule has 394 valence electrons. The predicted octanol–water partition coefficient (Wildman–Crippen LogP) is 4.82. The third-order valence-corrected chi connectivity index (χ3v) is 16.0. The van der Waals surface area contributed by atoms with Crippen LogP contribution in [0.25, 0.3) is 34.3 Å². The topological polar surface area (TPSA) is 366 Å². The number of carbonyl (C=O) groups excluding carboxylic acids is 1. The molecule has 1 fully saturated rings. The molecule has 1 saturated heterocycles. The minimum Gasteiger partial charge on any atom is -0.422 e. The van der Waals surface area contributed by atoms with Gasteiger partial charge >= 0.3 is 29.1 Å². The molecule has 8 N–H and O–H groups in total. The van der Waals surface area contributed by atoms with Gasteiger partial charge in [-0.05, 0) is 69.9 Å². The Morgan fingerprint density at radius 3 is 2.39 bits per heavy atom. The van der Waals surface area contributed by atoms with Gasteiger partial charge in [0.05, 0.1) is 24.6 Å². The minimum atomic E-state index is -5.72. The van der Waals surface area contributed by atoms with Gasteiger partial charge in [0.2, 0.25) is 11.6 Å². The summed E-state index contributed by atoms with van der Waals surface area (Å²) in [6, 6.07) is 10.3. The first-order chi connectivity index (χ1) is 34.0. The second-order valence-corrected chi connectivity index (χ2v) is 22.4. The molecular formula is C42H58N8O18P3S+. The van der Waals surface area contributed by atoms with Crippen LogP contribution in [0.15, 0.2) is 69.4 Å². The number of aliphatic hydroxyl groups is 1. The third kappa shape index (κ3) is 16.3. The molecule has 0 radical (unpaired) electrons. The van der Waals surface area contributed by atoms with Crippen molar-refractivity contribution in [3.8, 4) is 0 Å². The summed E-state index contributed by atoms with van der Waals surface area (Å²) in [4.78, 5) is 76.8. The average molecular weight is 1090 g/mol. The number of carbonyl (C=O) groups is 1. The molecule has 6 rings (SSSR count). The quantitative estimate of drug-likeness (QED) is 0.0109. The fraction of sp³-hybridized carbons (Fsp3) is 0.476. The fourth-order valence-electron chi connectivity index (χ4n) is 7.79. The molecule has 5 heterocycles. The number of pyridine rings is 1. The number of phosphoric acid groups is 3. The number of fused-ring (bicyclic) bond motifs is 2. The molecule has 1 aromatic carbocycles. The first kappa shape index (κ1) is 56.5. The molecule has 5 atom stereocenters. The Morgan fingerprint density at radius 1 is 0.931 bits per heavy atom. The number of nitrogens with one attached hydrogen (secondary N) is 2. The highest BCUT2D eigenvalue weighted by atomic mass is 32.2. The van der Waals surface area contributed by atoms with Crippen LogP contribution in [0.1, 0.15) is 89.1 Å². The average Bonchev–Trinajstić information content (AvgIpc) is 3.90. The number of aliphatic hydroxyl groups excluding tert-OH is 1. The first-order valence-corrected chi connectivity index (χ1v) is 28.8. The monoisotopic (exact) mass is 1090 g/mol. The predicted molar refractivity (Wildman–Crippen MR) is 260 cm³/mol. The Labute approximate surface area is 413 Å². The number of aryl methyl sites for hydroxylation is 1. The van der Waals surface area contributed by atoms with Gasteiger partial charge in [-0.1, -0.05) is 12.8 Å². The van der Waals surface area contributed by atoms with E-state index in [1.165, 1.54) is 29.5 Å². The number of ether oxygens (including phenoxy) is 1. The smallest absolute Gasteiger partial charge is 0.422 e. The molecule has 1 aliphatic rings. The highest BCUT2D eigenvalue weighted by Gasteiger charge is 2.43. The number of hydrogen-bond acceptors (Lipinski definition) is 18. The molecule has 4 aromatic heterocycles. The van der Waals surface area contributed by atoms with E-state index in [1.54, 1.807) is 28.9 Å². The summed E-state index contributed by atoms with van der Waals surface area (Å²) in [5, 5.41) is 17.5. The number of benzene rings is 1. The zero-order chi connectivity index (χ0) is 52.3. The Balaban J connectivity index is 0.882. The SMILES string of the molecule is CCN(CC)c1ccc2cc(/C=C/c3ccc(S(=O)(=O)O)c[n+]3CCCCCC(=O)NCCCCCCNc3ncnc4c3ncn4[C@H]3C[C@H](O)[C@@H](COP(=O)(O)OP(=O)(O)OP(=O)(O)O)O3)c(=O)oc2c1. The molecule has 72 heavy (non-hydrogen) atoms. The number of anilines is 2. The summed E-state index contributed by atoms with van der Waals surface area (Å²) in [6.07, 6.45) is 9.33. The summed E-state index contributed by atoms with van der Waals surface area (Å²) in [5.41, 5.74) is 2.54. The molecule has 0 spiro atoms. The van der Waals surface area contributed by atoms with Gasteiger partial charge in [0.1, 0.15) is 30.8 Å². The highest BCUT2D eigenvalue weighted by molar-refractivity contribution is 7.85. The van der Waals surface area contributed by atoms with Crippen molar-refractivity contribution in [1.29, 1.82) is 0 Å². The lowest BCUT2D eigenvalue weighted by Gasteiger charge is -2.20. The number of rotatable bonds is 28. The van der Waals surface area contributed by atoms with E-state index in [-0.39, 0.29) is 17.2 Å². The van der Waals surface area contributed by atoms with Crippen molar-refractivity contribution in [2.45, 2.75) is 102 Å². The Bertz CT molecular complexity index is 3040.